The van der Waals surface area contributed by atoms with E-state index in [9.17, 15) is 0 Å². The summed E-state index contributed by atoms with van der Waals surface area (Å²) in [5, 5.41) is 5.59. The lowest BCUT2D eigenvalue weighted by Crippen LogP contribution is -2.18. The molecule has 0 amide bonds. The first-order valence-electron chi connectivity index (χ1n) is 4.44. The van der Waals surface area contributed by atoms with E-state index < -0.39 is 0 Å². The maximum absolute atomic E-state index is 3.44. The Hall–Kier alpha value is -0.0500. The van der Waals surface area contributed by atoms with Gasteiger partial charge in [0.25, 0.3) is 0 Å². The van der Waals surface area contributed by atoms with Gasteiger partial charge in [-0.3, -0.25) is 0 Å². The molecule has 1 nitrogen and oxygen atoms in total. The standard InChI is InChI=1S/C10H17NS.ClH/c1-8(2)6-11-7-10-9(3)4-5-12-10;/h4-5,8,11H,6-7H2,1-3H3;1H. The summed E-state index contributed by atoms with van der Waals surface area (Å²) in [6.07, 6.45) is 0. The summed E-state index contributed by atoms with van der Waals surface area (Å²) in [5.74, 6) is 0.741. The van der Waals surface area contributed by atoms with Crippen molar-refractivity contribution in [1.29, 1.82) is 0 Å². The molecule has 0 spiro atoms. The molecule has 1 N–H and O–H groups in total. The summed E-state index contributed by atoms with van der Waals surface area (Å²) in [4.78, 5) is 1.47. The quantitative estimate of drug-likeness (QED) is 0.820. The average Bonchev–Trinajstić information content (AvgIpc) is 2.36. The Labute approximate surface area is 91.0 Å². The van der Waals surface area contributed by atoms with Crippen molar-refractivity contribution in [1.82, 2.24) is 5.32 Å². The molecule has 0 fully saturated rings. The highest BCUT2D eigenvalue weighted by Gasteiger charge is 1.99. The van der Waals surface area contributed by atoms with Gasteiger partial charge in [-0.05, 0) is 36.4 Å². The first-order valence-corrected chi connectivity index (χ1v) is 5.32. The monoisotopic (exact) mass is 219 g/mol. The maximum atomic E-state index is 3.44. The van der Waals surface area contributed by atoms with Gasteiger partial charge in [-0.25, -0.2) is 0 Å². The Morgan fingerprint density at radius 1 is 1.46 bits per heavy atom. The van der Waals surface area contributed by atoms with Crippen LogP contribution in [0.2, 0.25) is 0 Å². The normalized spacial score (nSPS) is 10.2. The van der Waals surface area contributed by atoms with Crippen LogP contribution in [0, 0.1) is 12.8 Å². The number of hydrogen-bond donors (Lipinski definition) is 1. The number of hydrogen-bond acceptors (Lipinski definition) is 2. The van der Waals surface area contributed by atoms with Crippen LogP contribution < -0.4 is 5.32 Å². The van der Waals surface area contributed by atoms with E-state index >= 15 is 0 Å². The molecule has 0 aliphatic carbocycles. The minimum atomic E-state index is 0. The SMILES string of the molecule is Cc1ccsc1CNCC(C)C.Cl. The lowest BCUT2D eigenvalue weighted by atomic mass is 10.2. The van der Waals surface area contributed by atoms with Gasteiger partial charge in [0, 0.05) is 11.4 Å². The van der Waals surface area contributed by atoms with Crippen LogP contribution in [0.25, 0.3) is 0 Å². The zero-order valence-electron chi connectivity index (χ0n) is 8.46. The van der Waals surface area contributed by atoms with E-state index in [0.717, 1.165) is 19.0 Å². The second-order valence-corrected chi connectivity index (χ2v) is 4.55. The zero-order valence-corrected chi connectivity index (χ0v) is 10.1. The van der Waals surface area contributed by atoms with Crippen molar-refractivity contribution in [3.05, 3.63) is 21.9 Å². The van der Waals surface area contributed by atoms with Gasteiger partial charge in [0.2, 0.25) is 0 Å². The van der Waals surface area contributed by atoms with Crippen molar-refractivity contribution in [2.24, 2.45) is 5.92 Å². The molecule has 1 aromatic heterocycles. The molecule has 0 aliphatic rings. The summed E-state index contributed by atoms with van der Waals surface area (Å²) in [5.41, 5.74) is 1.41. The summed E-state index contributed by atoms with van der Waals surface area (Å²) < 4.78 is 0. The third-order valence-electron chi connectivity index (χ3n) is 1.81. The van der Waals surface area contributed by atoms with E-state index in [0.29, 0.717) is 0 Å². The van der Waals surface area contributed by atoms with Crippen LogP contribution in [-0.2, 0) is 6.54 Å². The van der Waals surface area contributed by atoms with Crippen LogP contribution in [0.15, 0.2) is 11.4 Å². The Balaban J connectivity index is 0.00000144. The highest BCUT2D eigenvalue weighted by Crippen LogP contribution is 2.14. The molecular weight excluding hydrogens is 202 g/mol. The second kappa shape index (κ2) is 6.41. The minimum absolute atomic E-state index is 0. The first kappa shape index (κ1) is 12.9. The Bertz CT molecular complexity index is 233. The van der Waals surface area contributed by atoms with Gasteiger partial charge < -0.3 is 5.32 Å². The third kappa shape index (κ3) is 4.65. The zero-order chi connectivity index (χ0) is 8.97. The van der Waals surface area contributed by atoms with E-state index in [1.165, 1.54) is 10.4 Å². The van der Waals surface area contributed by atoms with E-state index in [1.807, 2.05) is 11.3 Å². The summed E-state index contributed by atoms with van der Waals surface area (Å²) in [7, 11) is 0. The Kier molecular flexibility index (Phi) is 6.39. The molecule has 0 radical (unpaired) electrons. The smallest absolute Gasteiger partial charge is 0.0302 e. The lowest BCUT2D eigenvalue weighted by Gasteiger charge is -2.06. The number of nitrogens with one attached hydrogen (secondary N) is 1. The molecule has 0 aromatic carbocycles. The molecular formula is C10H18ClNS. The van der Waals surface area contributed by atoms with E-state index in [-0.39, 0.29) is 12.4 Å². The van der Waals surface area contributed by atoms with Gasteiger partial charge in [-0.2, -0.15) is 0 Å². The minimum Gasteiger partial charge on any atom is -0.312 e. The van der Waals surface area contributed by atoms with Gasteiger partial charge >= 0.3 is 0 Å². The van der Waals surface area contributed by atoms with E-state index in [1.54, 1.807) is 0 Å². The van der Waals surface area contributed by atoms with Gasteiger partial charge in [-0.15, -0.1) is 23.7 Å². The summed E-state index contributed by atoms with van der Waals surface area (Å²) >= 11 is 1.84. The molecule has 0 atom stereocenters. The Morgan fingerprint density at radius 3 is 2.62 bits per heavy atom. The van der Waals surface area contributed by atoms with E-state index in [2.05, 4.69) is 37.5 Å². The number of aryl methyl sites for hydroxylation is 1. The molecule has 0 unspecified atom stereocenters. The van der Waals surface area contributed by atoms with Gasteiger partial charge in [-0.1, -0.05) is 13.8 Å². The second-order valence-electron chi connectivity index (χ2n) is 3.55. The summed E-state index contributed by atoms with van der Waals surface area (Å²) in [6, 6.07) is 2.18. The predicted molar refractivity (Wildman–Crippen MR) is 62.8 cm³/mol. The Morgan fingerprint density at radius 2 is 2.15 bits per heavy atom. The maximum Gasteiger partial charge on any atom is 0.0302 e. The fourth-order valence-electron chi connectivity index (χ4n) is 1.06. The number of thiophene rings is 1. The van der Waals surface area contributed by atoms with Crippen LogP contribution in [0.1, 0.15) is 24.3 Å². The molecule has 1 rings (SSSR count). The molecule has 3 heteroatoms. The van der Waals surface area contributed by atoms with Crippen molar-refractivity contribution in [2.75, 3.05) is 6.54 Å². The molecule has 0 saturated carbocycles. The molecule has 0 aliphatic heterocycles. The number of rotatable bonds is 4. The largest absolute Gasteiger partial charge is 0.312 e. The van der Waals surface area contributed by atoms with Crippen LogP contribution >= 0.6 is 23.7 Å². The van der Waals surface area contributed by atoms with Gasteiger partial charge in [0.1, 0.15) is 0 Å². The molecule has 13 heavy (non-hydrogen) atoms. The van der Waals surface area contributed by atoms with Crippen molar-refractivity contribution in [3.8, 4) is 0 Å². The van der Waals surface area contributed by atoms with Crippen molar-refractivity contribution in [2.45, 2.75) is 27.3 Å². The van der Waals surface area contributed by atoms with Crippen LogP contribution in [0.3, 0.4) is 0 Å². The molecule has 76 valence electrons. The fourth-order valence-corrected chi connectivity index (χ4v) is 1.94. The van der Waals surface area contributed by atoms with E-state index in [4.69, 9.17) is 0 Å². The van der Waals surface area contributed by atoms with Crippen LogP contribution in [0.5, 0.6) is 0 Å². The summed E-state index contributed by atoms with van der Waals surface area (Å²) in [6.45, 7) is 8.77. The fraction of sp³-hybridized carbons (Fsp3) is 0.600. The van der Waals surface area contributed by atoms with Gasteiger partial charge in [0.05, 0.1) is 0 Å². The van der Waals surface area contributed by atoms with Crippen LogP contribution in [-0.4, -0.2) is 6.54 Å². The topological polar surface area (TPSA) is 12.0 Å². The molecule has 1 heterocycles. The molecule has 0 bridgehead atoms. The van der Waals surface area contributed by atoms with Crippen molar-refractivity contribution >= 4 is 23.7 Å². The van der Waals surface area contributed by atoms with Crippen molar-refractivity contribution in [3.63, 3.8) is 0 Å². The van der Waals surface area contributed by atoms with Crippen LogP contribution in [0.4, 0.5) is 0 Å². The number of halogens is 1. The highest BCUT2D eigenvalue weighted by molar-refractivity contribution is 7.10. The molecule has 0 saturated heterocycles. The highest BCUT2D eigenvalue weighted by atomic mass is 35.5. The van der Waals surface area contributed by atoms with Gasteiger partial charge in [0.15, 0.2) is 0 Å². The van der Waals surface area contributed by atoms with Crippen molar-refractivity contribution < 1.29 is 0 Å². The lowest BCUT2D eigenvalue weighted by molar-refractivity contribution is 0.554. The average molecular weight is 220 g/mol. The molecule has 1 aromatic rings. The first-order chi connectivity index (χ1) is 5.70. The third-order valence-corrected chi connectivity index (χ3v) is 2.83. The predicted octanol–water partition coefficient (Wildman–Crippen LogP) is 3.22.